The molecule has 1 amide bonds. The summed E-state index contributed by atoms with van der Waals surface area (Å²) in [5, 5.41) is 4.59. The summed E-state index contributed by atoms with van der Waals surface area (Å²) in [6.07, 6.45) is 1.31. The predicted molar refractivity (Wildman–Crippen MR) is 113 cm³/mol. The molecule has 3 aromatic rings. The number of carbonyl (C=O) groups excluding carboxylic acids is 1. The molecule has 160 valence electrons. The van der Waals surface area contributed by atoms with Gasteiger partial charge >= 0.3 is 0 Å². The molecule has 0 aliphatic carbocycles. The minimum atomic E-state index is -0.526. The van der Waals surface area contributed by atoms with Crippen LogP contribution in [0.5, 0.6) is 5.75 Å². The number of piperidine rings is 1. The van der Waals surface area contributed by atoms with Crippen LogP contribution in [0.3, 0.4) is 0 Å². The molecule has 2 aromatic carbocycles. The van der Waals surface area contributed by atoms with Crippen molar-refractivity contribution in [2.45, 2.75) is 18.6 Å². The average Bonchev–Trinajstić information content (AvgIpc) is 3.48. The van der Waals surface area contributed by atoms with Gasteiger partial charge in [-0.05, 0) is 24.3 Å². The molecule has 0 bridgehead atoms. The highest BCUT2D eigenvalue weighted by Gasteiger charge is 2.41. The molecule has 1 spiro atoms. The summed E-state index contributed by atoms with van der Waals surface area (Å²) >= 11 is 0. The second-order valence-electron chi connectivity index (χ2n) is 7.63. The summed E-state index contributed by atoms with van der Waals surface area (Å²) in [6.45, 7) is 2.33. The number of ether oxygens (including phenoxy) is 3. The fourth-order valence-corrected chi connectivity index (χ4v) is 4.06. The van der Waals surface area contributed by atoms with E-state index in [4.69, 9.17) is 14.2 Å². The molecule has 0 saturated carbocycles. The summed E-state index contributed by atoms with van der Waals surface area (Å²) in [5.41, 5.74) is 1.69. The molecule has 5 rings (SSSR count). The standard InChI is InChI=1S/C23H24N4O4/c1-29-19-9-7-18(8-10-19)27-21(17-5-3-2-4-6-17)24-20(25-27)22(28)26-13-11-23(12-14-26)30-15-16-31-23/h2-10H,11-16H2,1H3. The van der Waals surface area contributed by atoms with Crippen molar-refractivity contribution in [3.63, 3.8) is 0 Å². The number of hydrogen-bond donors (Lipinski definition) is 0. The van der Waals surface area contributed by atoms with E-state index in [1.807, 2.05) is 54.6 Å². The third-order valence-electron chi connectivity index (χ3n) is 5.77. The van der Waals surface area contributed by atoms with Crippen LogP contribution < -0.4 is 4.74 Å². The Morgan fingerprint density at radius 3 is 2.32 bits per heavy atom. The van der Waals surface area contributed by atoms with E-state index >= 15 is 0 Å². The molecule has 0 unspecified atom stereocenters. The highest BCUT2D eigenvalue weighted by Crippen LogP contribution is 2.32. The molecule has 0 N–H and O–H groups in total. The summed E-state index contributed by atoms with van der Waals surface area (Å²) in [5.74, 6) is 0.836. The third-order valence-corrected chi connectivity index (χ3v) is 5.77. The van der Waals surface area contributed by atoms with Gasteiger partial charge in [0.2, 0.25) is 5.82 Å². The minimum absolute atomic E-state index is 0.180. The minimum Gasteiger partial charge on any atom is -0.497 e. The van der Waals surface area contributed by atoms with E-state index in [0.29, 0.717) is 45.0 Å². The normalized spacial score (nSPS) is 17.8. The molecule has 1 aromatic heterocycles. The number of hydrogen-bond acceptors (Lipinski definition) is 6. The molecular weight excluding hydrogens is 396 g/mol. The maximum absolute atomic E-state index is 13.2. The zero-order chi connectivity index (χ0) is 21.3. The van der Waals surface area contributed by atoms with Crippen LogP contribution in [-0.4, -0.2) is 64.8 Å². The fraction of sp³-hybridized carbons (Fsp3) is 0.348. The number of rotatable bonds is 4. The highest BCUT2D eigenvalue weighted by atomic mass is 16.7. The van der Waals surface area contributed by atoms with E-state index in [-0.39, 0.29) is 11.7 Å². The molecule has 8 heteroatoms. The maximum atomic E-state index is 13.2. The van der Waals surface area contributed by atoms with Crippen LogP contribution >= 0.6 is 0 Å². The van der Waals surface area contributed by atoms with Crippen molar-refractivity contribution in [3.05, 3.63) is 60.4 Å². The van der Waals surface area contributed by atoms with Crippen LogP contribution in [0.1, 0.15) is 23.5 Å². The van der Waals surface area contributed by atoms with Gasteiger partial charge in [0.05, 0.1) is 26.0 Å². The Balaban J connectivity index is 1.45. The van der Waals surface area contributed by atoms with E-state index in [0.717, 1.165) is 17.0 Å². The second-order valence-corrected chi connectivity index (χ2v) is 7.63. The monoisotopic (exact) mass is 420 g/mol. The van der Waals surface area contributed by atoms with Crippen LogP contribution in [0.25, 0.3) is 17.1 Å². The Morgan fingerprint density at radius 1 is 1.00 bits per heavy atom. The maximum Gasteiger partial charge on any atom is 0.293 e. The van der Waals surface area contributed by atoms with E-state index < -0.39 is 5.79 Å². The molecule has 31 heavy (non-hydrogen) atoms. The Kier molecular flexibility index (Phi) is 5.17. The lowest BCUT2D eigenvalue weighted by molar-refractivity contribution is -0.181. The SMILES string of the molecule is COc1ccc(-n2nc(C(=O)N3CCC4(CC3)OCCO4)nc2-c2ccccc2)cc1. The molecular formula is C23H24N4O4. The summed E-state index contributed by atoms with van der Waals surface area (Å²) < 4.78 is 18.5. The first-order valence-corrected chi connectivity index (χ1v) is 10.4. The molecule has 0 atom stereocenters. The van der Waals surface area contributed by atoms with Gasteiger partial charge in [0.15, 0.2) is 11.6 Å². The number of benzene rings is 2. The van der Waals surface area contributed by atoms with Gasteiger partial charge in [0, 0.05) is 31.5 Å². The lowest BCUT2D eigenvalue weighted by Crippen LogP contribution is -2.47. The molecule has 0 radical (unpaired) electrons. The van der Waals surface area contributed by atoms with Crippen LogP contribution in [0, 0.1) is 0 Å². The van der Waals surface area contributed by atoms with Crippen molar-refractivity contribution in [1.29, 1.82) is 0 Å². The van der Waals surface area contributed by atoms with Gasteiger partial charge in [-0.25, -0.2) is 9.67 Å². The Hall–Kier alpha value is -3.23. The molecule has 3 heterocycles. The lowest BCUT2D eigenvalue weighted by atomic mass is 10.0. The first kappa shape index (κ1) is 19.7. The van der Waals surface area contributed by atoms with Gasteiger partial charge in [-0.3, -0.25) is 4.79 Å². The van der Waals surface area contributed by atoms with Crippen LogP contribution in [0.4, 0.5) is 0 Å². The summed E-state index contributed by atoms with van der Waals surface area (Å²) in [4.78, 5) is 19.6. The Bertz CT molecular complexity index is 1050. The van der Waals surface area contributed by atoms with Gasteiger partial charge in [-0.1, -0.05) is 30.3 Å². The highest BCUT2D eigenvalue weighted by molar-refractivity contribution is 5.91. The number of carbonyl (C=O) groups is 1. The zero-order valence-corrected chi connectivity index (χ0v) is 17.4. The van der Waals surface area contributed by atoms with E-state index in [9.17, 15) is 4.79 Å². The summed E-state index contributed by atoms with van der Waals surface area (Å²) in [7, 11) is 1.63. The first-order chi connectivity index (χ1) is 15.2. The number of aromatic nitrogens is 3. The zero-order valence-electron chi connectivity index (χ0n) is 17.4. The number of likely N-dealkylation sites (tertiary alicyclic amines) is 1. The van der Waals surface area contributed by atoms with Crippen molar-refractivity contribution in [1.82, 2.24) is 19.7 Å². The van der Waals surface area contributed by atoms with Crippen molar-refractivity contribution in [3.8, 4) is 22.8 Å². The largest absolute Gasteiger partial charge is 0.497 e. The van der Waals surface area contributed by atoms with Gasteiger partial charge in [-0.15, -0.1) is 5.10 Å². The van der Waals surface area contributed by atoms with Gasteiger partial charge in [0.1, 0.15) is 5.75 Å². The van der Waals surface area contributed by atoms with Crippen molar-refractivity contribution in [2.75, 3.05) is 33.4 Å². The van der Waals surface area contributed by atoms with Gasteiger partial charge in [-0.2, -0.15) is 0 Å². The van der Waals surface area contributed by atoms with E-state index in [2.05, 4.69) is 10.1 Å². The lowest BCUT2D eigenvalue weighted by Gasteiger charge is -2.37. The van der Waals surface area contributed by atoms with Gasteiger partial charge < -0.3 is 19.1 Å². The van der Waals surface area contributed by atoms with E-state index in [1.165, 1.54) is 0 Å². The topological polar surface area (TPSA) is 78.7 Å². The Labute approximate surface area is 180 Å². The predicted octanol–water partition coefficient (Wildman–Crippen LogP) is 2.92. The third kappa shape index (κ3) is 3.80. The average molecular weight is 420 g/mol. The van der Waals surface area contributed by atoms with Crippen LogP contribution in [0.2, 0.25) is 0 Å². The number of methoxy groups -OCH3 is 1. The Morgan fingerprint density at radius 2 is 1.68 bits per heavy atom. The molecule has 2 aliphatic heterocycles. The first-order valence-electron chi connectivity index (χ1n) is 10.4. The molecule has 2 saturated heterocycles. The smallest absolute Gasteiger partial charge is 0.293 e. The quantitative estimate of drug-likeness (QED) is 0.646. The van der Waals surface area contributed by atoms with Gasteiger partial charge in [0.25, 0.3) is 5.91 Å². The molecule has 2 aliphatic rings. The number of nitrogens with zero attached hydrogens (tertiary/aromatic N) is 4. The second kappa shape index (κ2) is 8.13. The summed E-state index contributed by atoms with van der Waals surface area (Å²) in [6, 6.07) is 17.3. The van der Waals surface area contributed by atoms with Crippen molar-refractivity contribution in [2.24, 2.45) is 0 Å². The van der Waals surface area contributed by atoms with Crippen LogP contribution in [0.15, 0.2) is 54.6 Å². The van der Waals surface area contributed by atoms with Crippen LogP contribution in [-0.2, 0) is 9.47 Å². The van der Waals surface area contributed by atoms with E-state index in [1.54, 1.807) is 16.7 Å². The molecule has 8 nitrogen and oxygen atoms in total. The van der Waals surface area contributed by atoms with Crippen molar-refractivity contribution >= 4 is 5.91 Å². The fourth-order valence-electron chi connectivity index (χ4n) is 4.06. The molecule has 2 fully saturated rings. The van der Waals surface area contributed by atoms with Crippen molar-refractivity contribution < 1.29 is 19.0 Å². The number of amides is 1.